The number of nitrogens with zero attached hydrogens (tertiary/aromatic N) is 9. The molecular formula is C36H34N10O4. The zero-order valence-electron chi connectivity index (χ0n) is 27.4. The fourth-order valence-electron chi connectivity index (χ4n) is 5.95. The molecule has 4 aromatic heterocycles. The lowest BCUT2D eigenvalue weighted by atomic mass is 10.1. The van der Waals surface area contributed by atoms with Crippen LogP contribution in [0.3, 0.4) is 0 Å². The number of phenols is 1. The summed E-state index contributed by atoms with van der Waals surface area (Å²) >= 11 is 0. The van der Waals surface area contributed by atoms with Crippen LogP contribution in [-0.4, -0.2) is 81.5 Å². The molecule has 2 aromatic carbocycles. The number of fused-ring (bicyclic) bond motifs is 2. The Morgan fingerprint density at radius 2 is 1.86 bits per heavy atom. The molecule has 1 saturated heterocycles. The van der Waals surface area contributed by atoms with E-state index in [9.17, 15) is 14.7 Å². The minimum absolute atomic E-state index is 0.0588. The Balaban J connectivity index is 1.26. The number of aromatic hydroxyl groups is 1. The van der Waals surface area contributed by atoms with Gasteiger partial charge in [-0.3, -0.25) is 24.1 Å². The Hall–Kier alpha value is -6.20. The highest BCUT2D eigenvalue weighted by Crippen LogP contribution is 2.32. The van der Waals surface area contributed by atoms with Crippen LogP contribution in [-0.2, 0) is 22.6 Å². The first-order valence-electron chi connectivity index (χ1n) is 16.3. The zero-order valence-corrected chi connectivity index (χ0v) is 27.4. The molecule has 5 heterocycles. The monoisotopic (exact) mass is 670 g/mol. The second kappa shape index (κ2) is 14.1. The highest BCUT2D eigenvalue weighted by Gasteiger charge is 2.21. The summed E-state index contributed by atoms with van der Waals surface area (Å²) in [6.07, 6.45) is 6.17. The standard InChI is InChI=1S/C36H34N10O4/c1-23-18-39-26(19-38-23)20-45-29(21-46-35-32(34(37)40-22-41-35)33(43-46)25-9-5-10-27(47)17-25)42-28-11-6-8-24(31(28)36(45)49)7-3-2-4-12-30(48)44-13-15-50-16-14-44/h5-6,8-11,17-19,22,47H,2,4,12-16,20-21H2,1H3,(H2,37,40,41). The largest absolute Gasteiger partial charge is 0.508 e. The average Bonchev–Trinajstić information content (AvgIpc) is 3.50. The normalized spacial score (nSPS) is 13.0. The molecule has 3 N–H and O–H groups in total. The Morgan fingerprint density at radius 3 is 2.66 bits per heavy atom. The van der Waals surface area contributed by atoms with Crippen molar-refractivity contribution < 1.29 is 14.6 Å². The van der Waals surface area contributed by atoms with Gasteiger partial charge in [-0.15, -0.1) is 0 Å². The molecule has 6 aromatic rings. The highest BCUT2D eigenvalue weighted by molar-refractivity contribution is 5.98. The van der Waals surface area contributed by atoms with Gasteiger partial charge in [0.15, 0.2) is 5.65 Å². The van der Waals surface area contributed by atoms with E-state index in [2.05, 4.69) is 31.8 Å². The Bertz CT molecular complexity index is 2330. The number of hydrogen-bond donors (Lipinski definition) is 2. The van der Waals surface area contributed by atoms with Gasteiger partial charge in [0.25, 0.3) is 5.56 Å². The fourth-order valence-corrected chi connectivity index (χ4v) is 5.95. The van der Waals surface area contributed by atoms with Gasteiger partial charge in [0, 0.05) is 43.3 Å². The molecule has 0 saturated carbocycles. The number of nitrogens with two attached hydrogens (primary N) is 1. The predicted molar refractivity (Wildman–Crippen MR) is 186 cm³/mol. The smallest absolute Gasteiger partial charge is 0.263 e. The molecule has 0 spiro atoms. The van der Waals surface area contributed by atoms with Gasteiger partial charge in [0.05, 0.1) is 53.6 Å². The number of morpholine rings is 1. The zero-order chi connectivity index (χ0) is 34.6. The van der Waals surface area contributed by atoms with E-state index in [1.807, 2.05) is 24.0 Å². The Kier molecular flexibility index (Phi) is 9.13. The van der Waals surface area contributed by atoms with Crippen LogP contribution in [0.15, 0.2) is 66.0 Å². The third-order valence-electron chi connectivity index (χ3n) is 8.47. The number of hydrogen-bond acceptors (Lipinski definition) is 11. The molecule has 50 heavy (non-hydrogen) atoms. The lowest BCUT2D eigenvalue weighted by Crippen LogP contribution is -2.40. The van der Waals surface area contributed by atoms with Gasteiger partial charge in [-0.2, -0.15) is 5.10 Å². The number of carbonyl (C=O) groups is 1. The predicted octanol–water partition coefficient (Wildman–Crippen LogP) is 3.07. The maximum Gasteiger partial charge on any atom is 0.263 e. The van der Waals surface area contributed by atoms with Crippen molar-refractivity contribution in [1.29, 1.82) is 0 Å². The molecule has 1 aliphatic rings. The molecule has 0 bridgehead atoms. The highest BCUT2D eigenvalue weighted by atomic mass is 16.5. The van der Waals surface area contributed by atoms with E-state index in [0.717, 1.165) is 5.69 Å². The van der Waals surface area contributed by atoms with Gasteiger partial charge in [-0.05, 0) is 37.6 Å². The van der Waals surface area contributed by atoms with Crippen molar-refractivity contribution in [2.45, 2.75) is 39.3 Å². The molecular weight excluding hydrogens is 636 g/mol. The molecule has 0 aliphatic carbocycles. The SMILES string of the molecule is Cc1cnc(Cn2c(Cn3nc(-c4cccc(O)c4)c4c(N)ncnc43)nc3cccc(C#CCCCC(=O)N4CCOCC4)c3c2=O)cn1. The lowest BCUT2D eigenvalue weighted by molar-refractivity contribution is -0.135. The molecule has 14 nitrogen and oxygen atoms in total. The average molecular weight is 671 g/mol. The summed E-state index contributed by atoms with van der Waals surface area (Å²) in [5.41, 5.74) is 9.93. The number of ether oxygens (including phenoxy) is 1. The number of anilines is 1. The van der Waals surface area contributed by atoms with Crippen LogP contribution in [0.5, 0.6) is 5.75 Å². The summed E-state index contributed by atoms with van der Waals surface area (Å²) < 4.78 is 8.52. The van der Waals surface area contributed by atoms with E-state index in [4.69, 9.17) is 20.6 Å². The number of nitrogen functional groups attached to an aromatic ring is 1. The first-order chi connectivity index (χ1) is 24.4. The Labute approximate surface area is 286 Å². The third-order valence-corrected chi connectivity index (χ3v) is 8.47. The molecule has 0 atom stereocenters. The van der Waals surface area contributed by atoms with Crippen molar-refractivity contribution in [3.63, 3.8) is 0 Å². The lowest BCUT2D eigenvalue weighted by Gasteiger charge is -2.26. The summed E-state index contributed by atoms with van der Waals surface area (Å²) in [4.78, 5) is 51.2. The van der Waals surface area contributed by atoms with Gasteiger partial charge < -0.3 is 20.5 Å². The molecule has 1 fully saturated rings. The summed E-state index contributed by atoms with van der Waals surface area (Å²) in [5.74, 6) is 7.13. The van der Waals surface area contributed by atoms with Gasteiger partial charge in [0.1, 0.15) is 36.0 Å². The van der Waals surface area contributed by atoms with E-state index < -0.39 is 0 Å². The second-order valence-corrected chi connectivity index (χ2v) is 11.9. The van der Waals surface area contributed by atoms with Crippen LogP contribution < -0.4 is 11.3 Å². The number of amides is 1. The molecule has 0 radical (unpaired) electrons. The quantitative estimate of drug-likeness (QED) is 0.180. The fraction of sp³-hybridized carbons (Fsp3) is 0.278. The number of phenolic OH excluding ortho intramolecular Hbond substituents is 1. The molecule has 1 aliphatic heterocycles. The van der Waals surface area contributed by atoms with E-state index in [0.29, 0.717) is 95.8 Å². The topological polar surface area (TPSA) is 180 Å². The van der Waals surface area contributed by atoms with Crippen molar-refractivity contribution >= 4 is 33.7 Å². The van der Waals surface area contributed by atoms with E-state index in [1.54, 1.807) is 52.0 Å². The minimum Gasteiger partial charge on any atom is -0.508 e. The van der Waals surface area contributed by atoms with Crippen LogP contribution >= 0.6 is 0 Å². The van der Waals surface area contributed by atoms with E-state index in [1.165, 1.54) is 6.33 Å². The number of benzene rings is 2. The number of aromatic nitrogens is 8. The number of aryl methyl sites for hydroxylation is 1. The maximum atomic E-state index is 14.4. The summed E-state index contributed by atoms with van der Waals surface area (Å²) in [5, 5.41) is 15.9. The second-order valence-electron chi connectivity index (χ2n) is 11.9. The number of unbranched alkanes of at least 4 members (excludes halogenated alkanes) is 1. The van der Waals surface area contributed by atoms with Crippen LogP contribution in [0, 0.1) is 18.8 Å². The van der Waals surface area contributed by atoms with Gasteiger partial charge in [-0.25, -0.2) is 19.6 Å². The van der Waals surface area contributed by atoms with Gasteiger partial charge in [-0.1, -0.05) is 30.0 Å². The van der Waals surface area contributed by atoms with Gasteiger partial charge in [0.2, 0.25) is 5.91 Å². The van der Waals surface area contributed by atoms with Crippen LogP contribution in [0.25, 0.3) is 33.2 Å². The third kappa shape index (κ3) is 6.71. The van der Waals surface area contributed by atoms with Crippen molar-refractivity contribution in [3.05, 3.63) is 94.3 Å². The van der Waals surface area contributed by atoms with Crippen molar-refractivity contribution in [3.8, 4) is 28.8 Å². The summed E-state index contributed by atoms with van der Waals surface area (Å²) in [6.45, 7) is 4.38. The van der Waals surface area contributed by atoms with Crippen LogP contribution in [0.2, 0.25) is 0 Å². The summed E-state index contributed by atoms with van der Waals surface area (Å²) in [7, 11) is 0. The minimum atomic E-state index is -0.293. The number of carbonyl (C=O) groups excluding carboxylic acids is 1. The van der Waals surface area contributed by atoms with Gasteiger partial charge >= 0.3 is 0 Å². The van der Waals surface area contributed by atoms with E-state index in [-0.39, 0.29) is 36.1 Å². The van der Waals surface area contributed by atoms with Crippen molar-refractivity contribution in [1.82, 2.24) is 44.2 Å². The number of rotatable bonds is 8. The van der Waals surface area contributed by atoms with Crippen LogP contribution in [0.4, 0.5) is 5.82 Å². The van der Waals surface area contributed by atoms with E-state index >= 15 is 0 Å². The molecule has 0 unspecified atom stereocenters. The Morgan fingerprint density at radius 1 is 1.02 bits per heavy atom. The summed E-state index contributed by atoms with van der Waals surface area (Å²) in [6, 6.07) is 12.1. The first kappa shape index (κ1) is 32.4. The molecule has 1 amide bonds. The van der Waals surface area contributed by atoms with Crippen LogP contribution in [0.1, 0.15) is 42.0 Å². The van der Waals surface area contributed by atoms with Crippen molar-refractivity contribution in [2.75, 3.05) is 32.0 Å². The molecule has 14 heteroatoms. The first-order valence-corrected chi connectivity index (χ1v) is 16.3. The molecule has 7 rings (SSSR count). The maximum absolute atomic E-state index is 14.4. The van der Waals surface area contributed by atoms with Crippen molar-refractivity contribution in [2.24, 2.45) is 0 Å². The molecule has 252 valence electrons.